The summed E-state index contributed by atoms with van der Waals surface area (Å²) in [5.41, 5.74) is 5.11. The van der Waals surface area contributed by atoms with Crippen LogP contribution < -0.4 is 5.32 Å². The molecule has 1 atom stereocenters. The van der Waals surface area contributed by atoms with E-state index in [1.807, 2.05) is 17.9 Å². The Hall–Kier alpha value is -1.62. The standard InChI is InChI=1S/C16H27N5/c1-6-14-16(12(4)17-5)15(7-2)21(19-14)11-13-9-18-20(8-3)10-13/h9-10,12,17H,6-8,11H2,1-5H3. The molecule has 2 aromatic heterocycles. The van der Waals surface area contributed by atoms with E-state index < -0.39 is 0 Å². The molecule has 0 saturated heterocycles. The summed E-state index contributed by atoms with van der Waals surface area (Å²) in [7, 11) is 2.01. The molecule has 1 unspecified atom stereocenters. The molecule has 0 radical (unpaired) electrons. The second-order valence-corrected chi connectivity index (χ2v) is 5.39. The van der Waals surface area contributed by atoms with Gasteiger partial charge in [0.2, 0.25) is 0 Å². The number of hydrogen-bond donors (Lipinski definition) is 1. The summed E-state index contributed by atoms with van der Waals surface area (Å²) in [6, 6.07) is 0.335. The number of nitrogens with zero attached hydrogens (tertiary/aromatic N) is 4. The number of aromatic nitrogens is 4. The lowest BCUT2D eigenvalue weighted by atomic mass is 10.0. The predicted octanol–water partition coefficient (Wildman–Crippen LogP) is 2.55. The highest BCUT2D eigenvalue weighted by atomic mass is 15.3. The van der Waals surface area contributed by atoms with E-state index in [4.69, 9.17) is 5.10 Å². The normalized spacial score (nSPS) is 12.8. The Kier molecular flexibility index (Phi) is 5.17. The number of nitrogens with one attached hydrogen (secondary N) is 1. The summed E-state index contributed by atoms with van der Waals surface area (Å²) >= 11 is 0. The van der Waals surface area contributed by atoms with Crippen molar-refractivity contribution in [1.82, 2.24) is 24.9 Å². The first-order valence-corrected chi connectivity index (χ1v) is 7.91. The van der Waals surface area contributed by atoms with Crippen LogP contribution in [0.1, 0.15) is 56.3 Å². The van der Waals surface area contributed by atoms with Gasteiger partial charge in [0.15, 0.2) is 0 Å². The summed E-state index contributed by atoms with van der Waals surface area (Å²) in [6.07, 6.45) is 6.01. The van der Waals surface area contributed by atoms with Crippen LogP contribution in [-0.4, -0.2) is 26.6 Å². The van der Waals surface area contributed by atoms with Gasteiger partial charge in [-0.1, -0.05) is 13.8 Å². The number of aryl methyl sites for hydroxylation is 2. The van der Waals surface area contributed by atoms with Gasteiger partial charge in [0.05, 0.1) is 18.4 Å². The number of rotatable bonds is 7. The maximum atomic E-state index is 4.84. The minimum absolute atomic E-state index is 0.335. The minimum atomic E-state index is 0.335. The lowest BCUT2D eigenvalue weighted by molar-refractivity contribution is 0.619. The molecule has 0 amide bonds. The molecule has 5 heteroatoms. The SMILES string of the molecule is CCc1nn(Cc2cnn(CC)c2)c(CC)c1C(C)NC. The first-order valence-electron chi connectivity index (χ1n) is 7.91. The maximum Gasteiger partial charge on any atom is 0.0693 e. The fourth-order valence-electron chi connectivity index (χ4n) is 2.81. The zero-order valence-corrected chi connectivity index (χ0v) is 13.8. The average molecular weight is 289 g/mol. The Morgan fingerprint density at radius 1 is 1.24 bits per heavy atom. The third kappa shape index (κ3) is 3.18. The molecule has 1 N–H and O–H groups in total. The topological polar surface area (TPSA) is 47.7 Å². The third-order valence-corrected chi connectivity index (χ3v) is 4.05. The van der Waals surface area contributed by atoms with Crippen molar-refractivity contribution in [2.45, 2.75) is 59.7 Å². The van der Waals surface area contributed by atoms with Crippen LogP contribution in [0.3, 0.4) is 0 Å². The van der Waals surface area contributed by atoms with Gasteiger partial charge in [0, 0.05) is 35.6 Å². The Morgan fingerprint density at radius 3 is 2.52 bits per heavy atom. The van der Waals surface area contributed by atoms with Gasteiger partial charge in [-0.05, 0) is 33.7 Å². The van der Waals surface area contributed by atoms with Gasteiger partial charge in [-0.2, -0.15) is 10.2 Å². The van der Waals surface area contributed by atoms with Crippen LogP contribution in [0, 0.1) is 0 Å². The van der Waals surface area contributed by atoms with E-state index in [2.05, 4.69) is 49.0 Å². The molecule has 0 aliphatic carbocycles. The molecule has 21 heavy (non-hydrogen) atoms. The van der Waals surface area contributed by atoms with Crippen LogP contribution >= 0.6 is 0 Å². The van der Waals surface area contributed by atoms with Gasteiger partial charge in [-0.15, -0.1) is 0 Å². The Bertz CT molecular complexity index is 582. The summed E-state index contributed by atoms with van der Waals surface area (Å²) in [6.45, 7) is 10.4. The lowest BCUT2D eigenvalue weighted by Crippen LogP contribution is -2.15. The smallest absolute Gasteiger partial charge is 0.0693 e. The van der Waals surface area contributed by atoms with E-state index in [9.17, 15) is 0 Å². The molecule has 0 bridgehead atoms. The van der Waals surface area contributed by atoms with Crippen molar-refractivity contribution >= 4 is 0 Å². The van der Waals surface area contributed by atoms with Gasteiger partial charge >= 0.3 is 0 Å². The quantitative estimate of drug-likeness (QED) is 0.852. The predicted molar refractivity (Wildman–Crippen MR) is 85.5 cm³/mol. The average Bonchev–Trinajstić information content (AvgIpc) is 3.10. The molecule has 0 fully saturated rings. The molecule has 2 aromatic rings. The number of hydrogen-bond acceptors (Lipinski definition) is 3. The molecule has 0 saturated carbocycles. The molecule has 5 nitrogen and oxygen atoms in total. The molecular formula is C16H27N5. The lowest BCUT2D eigenvalue weighted by Gasteiger charge is -2.13. The monoisotopic (exact) mass is 289 g/mol. The van der Waals surface area contributed by atoms with E-state index >= 15 is 0 Å². The van der Waals surface area contributed by atoms with Crippen LogP contribution in [0.15, 0.2) is 12.4 Å². The summed E-state index contributed by atoms with van der Waals surface area (Å²) < 4.78 is 4.11. The molecule has 0 aliphatic rings. The first kappa shape index (κ1) is 15.8. The van der Waals surface area contributed by atoms with E-state index in [1.165, 1.54) is 22.5 Å². The molecule has 2 heterocycles. The van der Waals surface area contributed by atoms with Crippen LogP contribution in [-0.2, 0) is 25.9 Å². The molecule has 2 rings (SSSR count). The van der Waals surface area contributed by atoms with Crippen LogP contribution in [0.25, 0.3) is 0 Å². The van der Waals surface area contributed by atoms with E-state index in [0.29, 0.717) is 6.04 Å². The fourth-order valence-corrected chi connectivity index (χ4v) is 2.81. The fraction of sp³-hybridized carbons (Fsp3) is 0.625. The summed E-state index contributed by atoms with van der Waals surface area (Å²) in [4.78, 5) is 0. The highest BCUT2D eigenvalue weighted by Crippen LogP contribution is 2.24. The zero-order valence-electron chi connectivity index (χ0n) is 13.8. The van der Waals surface area contributed by atoms with Crippen LogP contribution in [0.2, 0.25) is 0 Å². The van der Waals surface area contributed by atoms with Gasteiger partial charge in [0.25, 0.3) is 0 Å². The molecular weight excluding hydrogens is 262 g/mol. The highest BCUT2D eigenvalue weighted by molar-refractivity contribution is 5.30. The van der Waals surface area contributed by atoms with Crippen molar-refractivity contribution in [2.75, 3.05) is 7.05 Å². The maximum absolute atomic E-state index is 4.84. The van der Waals surface area contributed by atoms with Gasteiger partial charge in [-0.25, -0.2) is 0 Å². The Morgan fingerprint density at radius 2 is 2.00 bits per heavy atom. The van der Waals surface area contributed by atoms with Crippen LogP contribution in [0.5, 0.6) is 0 Å². The largest absolute Gasteiger partial charge is 0.313 e. The van der Waals surface area contributed by atoms with Crippen LogP contribution in [0.4, 0.5) is 0 Å². The first-order chi connectivity index (χ1) is 10.1. The van der Waals surface area contributed by atoms with E-state index in [1.54, 1.807) is 0 Å². The molecule has 0 aliphatic heterocycles. The highest BCUT2D eigenvalue weighted by Gasteiger charge is 2.19. The molecule has 116 valence electrons. The van der Waals surface area contributed by atoms with Crippen molar-refractivity contribution < 1.29 is 0 Å². The van der Waals surface area contributed by atoms with Crippen molar-refractivity contribution in [2.24, 2.45) is 0 Å². The van der Waals surface area contributed by atoms with Gasteiger partial charge in [-0.3, -0.25) is 9.36 Å². The van der Waals surface area contributed by atoms with Crippen molar-refractivity contribution in [3.63, 3.8) is 0 Å². The van der Waals surface area contributed by atoms with Gasteiger partial charge in [0.1, 0.15) is 0 Å². The third-order valence-electron chi connectivity index (χ3n) is 4.05. The second kappa shape index (κ2) is 6.89. The van der Waals surface area contributed by atoms with Crippen molar-refractivity contribution in [1.29, 1.82) is 0 Å². The van der Waals surface area contributed by atoms with Gasteiger partial charge < -0.3 is 5.32 Å². The molecule has 0 spiro atoms. The Balaban J connectivity index is 2.36. The second-order valence-electron chi connectivity index (χ2n) is 5.39. The minimum Gasteiger partial charge on any atom is -0.313 e. The Labute approximate surface area is 127 Å². The van der Waals surface area contributed by atoms with Crippen molar-refractivity contribution in [3.05, 3.63) is 34.9 Å². The van der Waals surface area contributed by atoms with E-state index in [-0.39, 0.29) is 0 Å². The zero-order chi connectivity index (χ0) is 15.4. The van der Waals surface area contributed by atoms with Crippen molar-refractivity contribution in [3.8, 4) is 0 Å². The summed E-state index contributed by atoms with van der Waals surface area (Å²) in [5.74, 6) is 0. The summed E-state index contributed by atoms with van der Waals surface area (Å²) in [5, 5.41) is 12.5. The van der Waals surface area contributed by atoms with E-state index in [0.717, 1.165) is 25.9 Å². The molecule has 0 aromatic carbocycles.